The number of nitrogens with zero attached hydrogens (tertiary/aromatic N) is 1. The molecule has 3 aromatic carbocycles. The molecule has 0 unspecified atom stereocenters. The van der Waals surface area contributed by atoms with Crippen LogP contribution in [0.15, 0.2) is 77.3 Å². The van der Waals surface area contributed by atoms with E-state index in [0.717, 1.165) is 28.4 Å². The van der Waals surface area contributed by atoms with Crippen LogP contribution in [0, 0.1) is 0 Å². The van der Waals surface area contributed by atoms with E-state index in [9.17, 15) is 9.59 Å². The number of halogens is 3. The minimum atomic E-state index is -0.736. The molecule has 0 bridgehead atoms. The number of hydrogen-bond acceptors (Lipinski definition) is 3. The molecule has 190 valence electrons. The molecule has 8 heteroatoms. The molecule has 0 aliphatic heterocycles. The Labute approximate surface area is 230 Å². The molecule has 0 aromatic heterocycles. The molecule has 0 spiro atoms. The second-order valence-corrected chi connectivity index (χ2v) is 10.1. The summed E-state index contributed by atoms with van der Waals surface area (Å²) in [7, 11) is 0. The van der Waals surface area contributed by atoms with E-state index < -0.39 is 6.04 Å². The van der Waals surface area contributed by atoms with Crippen LogP contribution in [0.3, 0.4) is 0 Å². The topological polar surface area (TPSA) is 58.6 Å². The molecule has 0 saturated carbocycles. The summed E-state index contributed by atoms with van der Waals surface area (Å²) in [6, 6.07) is 21.4. The number of ether oxygens (including phenoxy) is 1. The van der Waals surface area contributed by atoms with Crippen molar-refractivity contribution in [2.75, 3.05) is 13.2 Å². The third-order valence-corrected chi connectivity index (χ3v) is 6.88. The normalized spacial score (nSPS) is 11.6. The Morgan fingerprint density at radius 1 is 0.972 bits per heavy atom. The van der Waals surface area contributed by atoms with Crippen LogP contribution in [0.2, 0.25) is 10.0 Å². The summed E-state index contributed by atoms with van der Waals surface area (Å²) in [6.07, 6.45) is 2.18. The third kappa shape index (κ3) is 8.54. The zero-order valence-corrected chi connectivity index (χ0v) is 23.2. The Balaban J connectivity index is 1.89. The van der Waals surface area contributed by atoms with Gasteiger partial charge in [-0.15, -0.1) is 0 Å². The fourth-order valence-corrected chi connectivity index (χ4v) is 4.24. The molecular formula is C28H29BrCl2N2O3. The first-order valence-corrected chi connectivity index (χ1v) is 13.4. The number of carbonyl (C=O) groups is 2. The lowest BCUT2D eigenvalue weighted by Gasteiger charge is -2.31. The van der Waals surface area contributed by atoms with E-state index >= 15 is 0 Å². The standard InChI is InChI=1S/C28H29BrCl2N2O3/c1-2-3-15-32-28(35)26(17-20-7-5-4-6-8-20)33(18-21-9-14-24(30)25(31)16-21)27(34)19-36-23-12-10-22(29)11-13-23/h4-14,16,26H,2-3,15,17-19H2,1H3,(H,32,35)/t26-/m1/s1. The maximum Gasteiger partial charge on any atom is 0.261 e. The summed E-state index contributed by atoms with van der Waals surface area (Å²) in [5.41, 5.74) is 1.72. The van der Waals surface area contributed by atoms with Crippen LogP contribution in [0.25, 0.3) is 0 Å². The van der Waals surface area contributed by atoms with Gasteiger partial charge in [0.05, 0.1) is 10.0 Å². The van der Waals surface area contributed by atoms with Crippen LogP contribution in [-0.2, 0) is 22.6 Å². The Morgan fingerprint density at radius 3 is 2.36 bits per heavy atom. The van der Waals surface area contributed by atoms with Gasteiger partial charge in [0, 0.05) is 24.0 Å². The van der Waals surface area contributed by atoms with E-state index in [1.165, 1.54) is 0 Å². The van der Waals surface area contributed by atoms with Crippen LogP contribution < -0.4 is 10.1 Å². The molecule has 5 nitrogen and oxygen atoms in total. The molecule has 0 heterocycles. The van der Waals surface area contributed by atoms with Crippen molar-refractivity contribution < 1.29 is 14.3 Å². The van der Waals surface area contributed by atoms with Crippen molar-refractivity contribution in [2.24, 2.45) is 0 Å². The number of nitrogens with one attached hydrogen (secondary N) is 1. The highest BCUT2D eigenvalue weighted by Gasteiger charge is 2.30. The molecule has 36 heavy (non-hydrogen) atoms. The van der Waals surface area contributed by atoms with Gasteiger partial charge in [-0.3, -0.25) is 9.59 Å². The number of rotatable bonds is 12. The SMILES string of the molecule is CCCCNC(=O)[C@@H](Cc1ccccc1)N(Cc1ccc(Cl)c(Cl)c1)C(=O)COc1ccc(Br)cc1. The van der Waals surface area contributed by atoms with Crippen molar-refractivity contribution in [1.29, 1.82) is 0 Å². The van der Waals surface area contributed by atoms with Gasteiger partial charge in [-0.25, -0.2) is 0 Å². The average molecular weight is 592 g/mol. The van der Waals surface area contributed by atoms with Crippen molar-refractivity contribution in [3.63, 3.8) is 0 Å². The molecule has 0 saturated heterocycles. The summed E-state index contributed by atoms with van der Waals surface area (Å²) >= 11 is 15.7. The fourth-order valence-electron chi connectivity index (χ4n) is 3.65. The van der Waals surface area contributed by atoms with Gasteiger partial charge in [0.1, 0.15) is 11.8 Å². The molecule has 0 aliphatic carbocycles. The minimum absolute atomic E-state index is 0.179. The highest BCUT2D eigenvalue weighted by molar-refractivity contribution is 9.10. The lowest BCUT2D eigenvalue weighted by atomic mass is 10.0. The van der Waals surface area contributed by atoms with Gasteiger partial charge in [-0.1, -0.05) is 88.9 Å². The zero-order valence-electron chi connectivity index (χ0n) is 20.1. The van der Waals surface area contributed by atoms with E-state index in [-0.39, 0.29) is 25.0 Å². The Bertz CT molecular complexity index is 1140. The molecule has 0 aliphatic rings. The summed E-state index contributed by atoms with van der Waals surface area (Å²) in [5, 5.41) is 3.81. The number of amides is 2. The van der Waals surface area contributed by atoms with E-state index in [2.05, 4.69) is 28.2 Å². The lowest BCUT2D eigenvalue weighted by Crippen LogP contribution is -2.51. The predicted molar refractivity (Wildman–Crippen MR) is 149 cm³/mol. The predicted octanol–water partition coefficient (Wildman–Crippen LogP) is 6.69. The van der Waals surface area contributed by atoms with Gasteiger partial charge in [-0.2, -0.15) is 0 Å². The van der Waals surface area contributed by atoms with E-state index in [1.54, 1.807) is 35.2 Å². The molecular weight excluding hydrogens is 563 g/mol. The molecule has 3 aromatic rings. The van der Waals surface area contributed by atoms with E-state index in [0.29, 0.717) is 28.8 Å². The Hall–Kier alpha value is -2.54. The average Bonchev–Trinajstić information content (AvgIpc) is 2.88. The largest absolute Gasteiger partial charge is 0.484 e. The first-order valence-electron chi connectivity index (χ1n) is 11.8. The molecule has 3 rings (SSSR count). The van der Waals surface area contributed by atoms with Gasteiger partial charge in [0.15, 0.2) is 6.61 Å². The summed E-state index contributed by atoms with van der Waals surface area (Å²) < 4.78 is 6.68. The van der Waals surface area contributed by atoms with Gasteiger partial charge in [0.2, 0.25) is 5.91 Å². The molecule has 0 fully saturated rings. The maximum atomic E-state index is 13.6. The fraction of sp³-hybridized carbons (Fsp3) is 0.286. The van der Waals surface area contributed by atoms with Crippen LogP contribution in [-0.4, -0.2) is 35.9 Å². The summed E-state index contributed by atoms with van der Waals surface area (Å²) in [4.78, 5) is 28.5. The first-order chi connectivity index (χ1) is 17.4. The zero-order chi connectivity index (χ0) is 25.9. The minimum Gasteiger partial charge on any atom is -0.484 e. The Morgan fingerprint density at radius 2 is 1.69 bits per heavy atom. The molecule has 0 radical (unpaired) electrons. The second-order valence-electron chi connectivity index (χ2n) is 8.36. The van der Waals surface area contributed by atoms with Crippen LogP contribution in [0.1, 0.15) is 30.9 Å². The van der Waals surface area contributed by atoms with Crippen molar-refractivity contribution >= 4 is 50.9 Å². The van der Waals surface area contributed by atoms with Crippen LogP contribution >= 0.6 is 39.1 Å². The third-order valence-electron chi connectivity index (χ3n) is 5.61. The van der Waals surface area contributed by atoms with Gasteiger partial charge in [-0.05, 0) is 53.9 Å². The van der Waals surface area contributed by atoms with E-state index in [4.69, 9.17) is 27.9 Å². The number of carbonyl (C=O) groups excluding carboxylic acids is 2. The lowest BCUT2D eigenvalue weighted by molar-refractivity contribution is -0.142. The smallest absolute Gasteiger partial charge is 0.261 e. The molecule has 1 N–H and O–H groups in total. The van der Waals surface area contributed by atoms with Crippen molar-refractivity contribution in [3.8, 4) is 5.75 Å². The first kappa shape index (κ1) is 28.0. The number of unbranched alkanes of at least 4 members (excludes halogenated alkanes) is 1. The summed E-state index contributed by atoms with van der Waals surface area (Å²) in [6.45, 7) is 2.58. The molecule has 1 atom stereocenters. The maximum absolute atomic E-state index is 13.6. The number of benzene rings is 3. The van der Waals surface area contributed by atoms with Crippen LogP contribution in [0.5, 0.6) is 5.75 Å². The monoisotopic (exact) mass is 590 g/mol. The van der Waals surface area contributed by atoms with Gasteiger partial charge in [0.25, 0.3) is 5.91 Å². The molecule has 2 amide bonds. The van der Waals surface area contributed by atoms with E-state index in [1.807, 2.05) is 42.5 Å². The summed E-state index contributed by atoms with van der Waals surface area (Å²) in [5.74, 6) is 0.0490. The van der Waals surface area contributed by atoms with Crippen molar-refractivity contribution in [2.45, 2.75) is 38.8 Å². The Kier molecular flexibility index (Phi) is 11.1. The highest BCUT2D eigenvalue weighted by Crippen LogP contribution is 2.24. The van der Waals surface area contributed by atoms with Crippen LogP contribution in [0.4, 0.5) is 0 Å². The second kappa shape index (κ2) is 14.3. The number of hydrogen-bond donors (Lipinski definition) is 1. The van der Waals surface area contributed by atoms with Crippen molar-refractivity contribution in [1.82, 2.24) is 10.2 Å². The van der Waals surface area contributed by atoms with Gasteiger partial charge < -0.3 is 15.0 Å². The quantitative estimate of drug-likeness (QED) is 0.239. The van der Waals surface area contributed by atoms with Crippen molar-refractivity contribution in [3.05, 3.63) is 98.4 Å². The highest BCUT2D eigenvalue weighted by atomic mass is 79.9. The van der Waals surface area contributed by atoms with Gasteiger partial charge >= 0.3 is 0 Å².